The Morgan fingerprint density at radius 3 is 2.78 bits per heavy atom. The van der Waals surface area contributed by atoms with Gasteiger partial charge in [0, 0.05) is 28.9 Å². The molecule has 0 saturated carbocycles. The third-order valence-electron chi connectivity index (χ3n) is 3.29. The number of piperidine rings is 1. The van der Waals surface area contributed by atoms with Crippen LogP contribution in [0.15, 0.2) is 0 Å². The van der Waals surface area contributed by atoms with Crippen molar-refractivity contribution < 1.29 is 12.6 Å². The molecule has 0 spiro atoms. The molecule has 18 heavy (non-hydrogen) atoms. The lowest BCUT2D eigenvalue weighted by molar-refractivity contribution is 0.402. The van der Waals surface area contributed by atoms with E-state index in [1.165, 1.54) is 0 Å². The van der Waals surface area contributed by atoms with Crippen LogP contribution in [0, 0.1) is 5.92 Å². The smallest absolute Gasteiger partial charge is 0.211 e. The van der Waals surface area contributed by atoms with Crippen molar-refractivity contribution in [2.24, 2.45) is 5.92 Å². The maximum Gasteiger partial charge on any atom is 0.211 e. The Hall–Kier alpha value is 0.0200. The Kier molecular flexibility index (Phi) is 6.76. The summed E-state index contributed by atoms with van der Waals surface area (Å²) < 4.78 is 37.4. The van der Waals surface area contributed by atoms with Gasteiger partial charge in [0.25, 0.3) is 0 Å². The van der Waals surface area contributed by atoms with E-state index in [2.05, 4.69) is 10.0 Å². The number of hydrogen-bond donors (Lipinski definition) is 2. The molecule has 0 aliphatic carbocycles. The summed E-state index contributed by atoms with van der Waals surface area (Å²) >= 11 is 0. The maximum absolute atomic E-state index is 11.8. The lowest BCUT2D eigenvalue weighted by atomic mass is 10.0. The average Bonchev–Trinajstić information content (AvgIpc) is 2.29. The van der Waals surface area contributed by atoms with Crippen LogP contribution in [0.4, 0.5) is 0 Å². The van der Waals surface area contributed by atoms with Gasteiger partial charge in [0.05, 0.1) is 5.75 Å². The van der Waals surface area contributed by atoms with E-state index in [9.17, 15) is 12.6 Å². The fourth-order valence-corrected chi connectivity index (χ4v) is 3.92. The van der Waals surface area contributed by atoms with Gasteiger partial charge in [-0.2, -0.15) is 0 Å². The fourth-order valence-electron chi connectivity index (χ4n) is 2.02. The number of hydrogen-bond acceptors (Lipinski definition) is 4. The van der Waals surface area contributed by atoms with Gasteiger partial charge < -0.3 is 5.32 Å². The van der Waals surface area contributed by atoms with E-state index in [0.717, 1.165) is 25.9 Å². The van der Waals surface area contributed by atoms with E-state index in [1.54, 1.807) is 6.26 Å². The summed E-state index contributed by atoms with van der Waals surface area (Å²) in [4.78, 5) is 0. The summed E-state index contributed by atoms with van der Waals surface area (Å²) in [7, 11) is -4.08. The molecule has 1 heterocycles. The van der Waals surface area contributed by atoms with Crippen molar-refractivity contribution in [3.05, 3.63) is 0 Å². The zero-order valence-corrected chi connectivity index (χ0v) is 12.8. The molecule has 1 aliphatic rings. The summed E-state index contributed by atoms with van der Waals surface area (Å²) in [5.41, 5.74) is 0. The molecule has 1 rings (SSSR count). The summed E-state index contributed by atoms with van der Waals surface area (Å²) in [5, 5.41) is 3.25. The molecule has 1 saturated heterocycles. The normalized spacial score (nSPS) is 24.7. The molecule has 0 aromatic heterocycles. The SMILES string of the molecule is CC(CCNS(=O)(=O)CC1CCCNC1)S(C)=O. The molecule has 108 valence electrons. The predicted octanol–water partition coefficient (Wildman–Crippen LogP) is 0.0625. The average molecular weight is 296 g/mol. The van der Waals surface area contributed by atoms with Crippen molar-refractivity contribution in [2.45, 2.75) is 31.4 Å². The maximum atomic E-state index is 11.8. The first-order chi connectivity index (χ1) is 8.41. The van der Waals surface area contributed by atoms with Crippen LogP contribution in [0.25, 0.3) is 0 Å². The molecular weight excluding hydrogens is 272 g/mol. The van der Waals surface area contributed by atoms with Crippen molar-refractivity contribution in [3.63, 3.8) is 0 Å². The molecule has 2 N–H and O–H groups in total. The minimum Gasteiger partial charge on any atom is -0.316 e. The summed E-state index contributed by atoms with van der Waals surface area (Å²) in [6.45, 7) is 4.03. The molecule has 1 fully saturated rings. The van der Waals surface area contributed by atoms with Crippen LogP contribution in [0.2, 0.25) is 0 Å². The van der Waals surface area contributed by atoms with Crippen LogP contribution in [0.1, 0.15) is 26.2 Å². The molecule has 5 nitrogen and oxygen atoms in total. The molecule has 1 aliphatic heterocycles. The second kappa shape index (κ2) is 7.57. The largest absolute Gasteiger partial charge is 0.316 e. The van der Waals surface area contributed by atoms with E-state index in [-0.39, 0.29) is 16.9 Å². The van der Waals surface area contributed by atoms with Crippen molar-refractivity contribution in [2.75, 3.05) is 31.6 Å². The third kappa shape index (κ3) is 6.26. The Morgan fingerprint density at radius 2 is 2.22 bits per heavy atom. The molecule has 0 bridgehead atoms. The van der Waals surface area contributed by atoms with Crippen LogP contribution < -0.4 is 10.0 Å². The fraction of sp³-hybridized carbons (Fsp3) is 1.00. The molecule has 0 radical (unpaired) electrons. The van der Waals surface area contributed by atoms with Gasteiger partial charge in [-0.3, -0.25) is 4.21 Å². The quantitative estimate of drug-likeness (QED) is 0.697. The molecule has 0 aromatic rings. The minimum atomic E-state index is -3.19. The number of nitrogens with one attached hydrogen (secondary N) is 2. The highest BCUT2D eigenvalue weighted by Crippen LogP contribution is 2.11. The molecule has 0 amide bonds. The van der Waals surface area contributed by atoms with Crippen LogP contribution in [0.3, 0.4) is 0 Å². The lowest BCUT2D eigenvalue weighted by Crippen LogP contribution is -2.38. The van der Waals surface area contributed by atoms with Crippen LogP contribution >= 0.6 is 0 Å². The molecular formula is C11H24N2O3S2. The second-order valence-electron chi connectivity index (χ2n) is 4.99. The first-order valence-electron chi connectivity index (χ1n) is 6.41. The van der Waals surface area contributed by atoms with Crippen LogP contribution in [0.5, 0.6) is 0 Å². The van der Waals surface area contributed by atoms with Gasteiger partial charge >= 0.3 is 0 Å². The van der Waals surface area contributed by atoms with Crippen molar-refractivity contribution in [1.29, 1.82) is 0 Å². The van der Waals surface area contributed by atoms with E-state index in [0.29, 0.717) is 13.0 Å². The first-order valence-corrected chi connectivity index (χ1v) is 9.68. The van der Waals surface area contributed by atoms with Crippen molar-refractivity contribution in [1.82, 2.24) is 10.0 Å². The van der Waals surface area contributed by atoms with Gasteiger partial charge in [0.1, 0.15) is 0 Å². The van der Waals surface area contributed by atoms with Gasteiger partial charge in [0.2, 0.25) is 10.0 Å². The Morgan fingerprint density at radius 1 is 1.50 bits per heavy atom. The van der Waals surface area contributed by atoms with Gasteiger partial charge in [-0.25, -0.2) is 13.1 Å². The van der Waals surface area contributed by atoms with Gasteiger partial charge in [0.15, 0.2) is 0 Å². The van der Waals surface area contributed by atoms with Crippen molar-refractivity contribution in [3.8, 4) is 0 Å². The van der Waals surface area contributed by atoms with Crippen LogP contribution in [-0.4, -0.2) is 49.5 Å². The zero-order chi connectivity index (χ0) is 13.6. The zero-order valence-electron chi connectivity index (χ0n) is 11.1. The number of sulfonamides is 1. The van der Waals surface area contributed by atoms with Gasteiger partial charge in [-0.05, 0) is 38.3 Å². The monoisotopic (exact) mass is 296 g/mol. The van der Waals surface area contributed by atoms with E-state index in [4.69, 9.17) is 0 Å². The van der Waals surface area contributed by atoms with Gasteiger partial charge in [-0.1, -0.05) is 6.92 Å². The minimum absolute atomic E-state index is 0.0315. The Balaban J connectivity index is 2.28. The summed E-state index contributed by atoms with van der Waals surface area (Å²) in [6.07, 6.45) is 4.29. The van der Waals surface area contributed by atoms with Crippen molar-refractivity contribution >= 4 is 20.8 Å². The highest BCUT2D eigenvalue weighted by atomic mass is 32.2. The van der Waals surface area contributed by atoms with E-state index >= 15 is 0 Å². The highest BCUT2D eigenvalue weighted by molar-refractivity contribution is 7.89. The van der Waals surface area contributed by atoms with E-state index < -0.39 is 20.8 Å². The molecule has 3 atom stereocenters. The molecule has 3 unspecified atom stereocenters. The number of rotatable bonds is 7. The first kappa shape index (κ1) is 16.1. The Bertz CT molecular complexity index is 364. The molecule has 0 aromatic carbocycles. The summed E-state index contributed by atoms with van der Waals surface area (Å²) in [5.74, 6) is 0.415. The van der Waals surface area contributed by atoms with E-state index in [1.807, 2.05) is 6.92 Å². The predicted molar refractivity (Wildman–Crippen MR) is 75.5 cm³/mol. The van der Waals surface area contributed by atoms with Gasteiger partial charge in [-0.15, -0.1) is 0 Å². The highest BCUT2D eigenvalue weighted by Gasteiger charge is 2.21. The lowest BCUT2D eigenvalue weighted by Gasteiger charge is -2.22. The van der Waals surface area contributed by atoms with Crippen LogP contribution in [-0.2, 0) is 20.8 Å². The third-order valence-corrected chi connectivity index (χ3v) is 6.22. The standard InChI is InChI=1S/C11H24N2O3S2/c1-10(17(2)14)5-7-13-18(15,16)9-11-4-3-6-12-8-11/h10-13H,3-9H2,1-2H3. The Labute approximate surface area is 113 Å². The molecule has 7 heteroatoms. The topological polar surface area (TPSA) is 75.3 Å². The second-order valence-corrected chi connectivity index (χ2v) is 8.64. The summed E-state index contributed by atoms with van der Waals surface area (Å²) in [6, 6.07) is 0.